The highest BCUT2D eigenvalue weighted by atomic mass is 16.5. The summed E-state index contributed by atoms with van der Waals surface area (Å²) in [6.45, 7) is 5.17. The van der Waals surface area contributed by atoms with Gasteiger partial charge in [-0.05, 0) is 24.7 Å². The van der Waals surface area contributed by atoms with Crippen molar-refractivity contribution < 1.29 is 9.84 Å². The van der Waals surface area contributed by atoms with Crippen LogP contribution in [0.1, 0.15) is 46.0 Å². The summed E-state index contributed by atoms with van der Waals surface area (Å²) in [5, 5.41) is 20.5. The molecule has 2 aliphatic rings. The maximum Gasteiger partial charge on any atom is 0.112 e. The first-order chi connectivity index (χ1) is 7.47. The molecule has 0 aromatic rings. The van der Waals surface area contributed by atoms with Crippen LogP contribution < -0.4 is 0 Å². The minimum atomic E-state index is -0.885. The van der Waals surface area contributed by atoms with Crippen LogP contribution in [-0.2, 0) is 4.74 Å². The van der Waals surface area contributed by atoms with Crippen molar-refractivity contribution in [3.63, 3.8) is 0 Å². The van der Waals surface area contributed by atoms with Crippen LogP contribution >= 0.6 is 0 Å². The van der Waals surface area contributed by atoms with Crippen molar-refractivity contribution in [1.82, 2.24) is 0 Å². The second-order valence-electron chi connectivity index (χ2n) is 5.95. The molecule has 16 heavy (non-hydrogen) atoms. The molecule has 1 saturated heterocycles. The molecule has 2 rings (SSSR count). The van der Waals surface area contributed by atoms with Crippen LogP contribution in [-0.4, -0.2) is 23.9 Å². The summed E-state index contributed by atoms with van der Waals surface area (Å²) >= 11 is 0. The Hall–Kier alpha value is -0.590. The van der Waals surface area contributed by atoms with Crippen LogP contribution in [0.15, 0.2) is 0 Å². The van der Waals surface area contributed by atoms with Gasteiger partial charge in [-0.1, -0.05) is 26.7 Å². The van der Waals surface area contributed by atoms with Crippen molar-refractivity contribution >= 4 is 0 Å². The molecule has 2 fully saturated rings. The van der Waals surface area contributed by atoms with Gasteiger partial charge in [-0.15, -0.1) is 0 Å². The summed E-state index contributed by atoms with van der Waals surface area (Å²) in [6.07, 6.45) is 4.56. The highest BCUT2D eigenvalue weighted by Crippen LogP contribution is 2.55. The Morgan fingerprint density at radius 1 is 1.19 bits per heavy atom. The van der Waals surface area contributed by atoms with E-state index < -0.39 is 11.0 Å². The lowest BCUT2D eigenvalue weighted by Crippen LogP contribution is -2.59. The second-order valence-corrected chi connectivity index (χ2v) is 5.95. The number of aliphatic hydroxyl groups is 1. The quantitative estimate of drug-likeness (QED) is 0.741. The topological polar surface area (TPSA) is 53.2 Å². The van der Waals surface area contributed by atoms with E-state index in [1.54, 1.807) is 0 Å². The van der Waals surface area contributed by atoms with Crippen molar-refractivity contribution in [2.75, 3.05) is 13.2 Å². The Morgan fingerprint density at radius 3 is 2.38 bits per heavy atom. The normalized spacial score (nSPS) is 42.9. The molecular formula is C13H21NO2. The first kappa shape index (κ1) is 11.9. The van der Waals surface area contributed by atoms with Gasteiger partial charge in [0, 0.05) is 6.61 Å². The Labute approximate surface area is 97.4 Å². The average molecular weight is 223 g/mol. The van der Waals surface area contributed by atoms with Crippen LogP contribution in [0.25, 0.3) is 0 Å². The van der Waals surface area contributed by atoms with Crippen molar-refractivity contribution in [1.29, 1.82) is 5.26 Å². The number of hydrogen-bond acceptors (Lipinski definition) is 3. The largest absolute Gasteiger partial charge is 0.388 e. The van der Waals surface area contributed by atoms with E-state index in [2.05, 4.69) is 19.9 Å². The summed E-state index contributed by atoms with van der Waals surface area (Å²) in [6, 6.07) is 2.37. The molecule has 3 heteroatoms. The third kappa shape index (κ3) is 1.40. The highest BCUT2D eigenvalue weighted by Gasteiger charge is 2.60. The molecule has 0 amide bonds. The standard InChI is InChI=1S/C13H21NO2/c1-11(2)5-3-4-6-13(11,15)12(9-14)7-8-16-10-12/h15H,3-8,10H2,1-2H3. The van der Waals surface area contributed by atoms with E-state index in [1.165, 1.54) is 0 Å². The first-order valence-electron chi connectivity index (χ1n) is 6.19. The maximum absolute atomic E-state index is 11.0. The van der Waals surface area contributed by atoms with Gasteiger partial charge >= 0.3 is 0 Å². The van der Waals surface area contributed by atoms with Gasteiger partial charge in [0.15, 0.2) is 0 Å². The van der Waals surface area contributed by atoms with Gasteiger partial charge in [-0.3, -0.25) is 0 Å². The number of rotatable bonds is 1. The Morgan fingerprint density at radius 2 is 1.88 bits per heavy atom. The van der Waals surface area contributed by atoms with E-state index in [4.69, 9.17) is 4.74 Å². The lowest BCUT2D eigenvalue weighted by atomic mass is 9.54. The van der Waals surface area contributed by atoms with Crippen LogP contribution in [0.5, 0.6) is 0 Å². The zero-order valence-electron chi connectivity index (χ0n) is 10.3. The van der Waals surface area contributed by atoms with E-state index in [0.29, 0.717) is 19.6 Å². The third-order valence-electron chi connectivity index (χ3n) is 4.74. The average Bonchev–Trinajstić information content (AvgIpc) is 2.72. The van der Waals surface area contributed by atoms with Crippen LogP contribution in [0.3, 0.4) is 0 Å². The monoisotopic (exact) mass is 223 g/mol. The molecule has 1 aliphatic heterocycles. The summed E-state index contributed by atoms with van der Waals surface area (Å²) in [7, 11) is 0. The van der Waals surface area contributed by atoms with Gasteiger partial charge < -0.3 is 9.84 Å². The number of nitrogens with zero attached hydrogens (tertiary/aromatic N) is 1. The lowest BCUT2D eigenvalue weighted by molar-refractivity contribution is -0.163. The molecule has 2 unspecified atom stereocenters. The van der Waals surface area contributed by atoms with E-state index in [0.717, 1.165) is 25.7 Å². The summed E-state index contributed by atoms with van der Waals surface area (Å²) in [4.78, 5) is 0. The number of nitriles is 1. The van der Waals surface area contributed by atoms with Crippen molar-refractivity contribution in [3.8, 4) is 6.07 Å². The number of hydrogen-bond donors (Lipinski definition) is 1. The van der Waals surface area contributed by atoms with Crippen molar-refractivity contribution in [3.05, 3.63) is 0 Å². The summed E-state index contributed by atoms with van der Waals surface area (Å²) < 4.78 is 5.38. The lowest BCUT2D eigenvalue weighted by Gasteiger charge is -2.53. The molecule has 1 heterocycles. The Bertz CT molecular complexity index is 312. The fraction of sp³-hybridized carbons (Fsp3) is 0.923. The number of ether oxygens (including phenoxy) is 1. The molecule has 0 radical (unpaired) electrons. The molecule has 1 saturated carbocycles. The van der Waals surface area contributed by atoms with Gasteiger partial charge in [0.25, 0.3) is 0 Å². The van der Waals surface area contributed by atoms with E-state index in [1.807, 2.05) is 0 Å². The molecule has 1 N–H and O–H groups in total. The second kappa shape index (κ2) is 3.72. The predicted molar refractivity (Wildman–Crippen MR) is 60.7 cm³/mol. The zero-order chi connectivity index (χ0) is 11.9. The van der Waals surface area contributed by atoms with Gasteiger partial charge in [0.2, 0.25) is 0 Å². The molecule has 0 spiro atoms. The predicted octanol–water partition coefficient (Wildman–Crippen LogP) is 2.25. The van der Waals surface area contributed by atoms with Crippen LogP contribution in [0, 0.1) is 22.2 Å². The van der Waals surface area contributed by atoms with Gasteiger partial charge in [0.05, 0.1) is 18.3 Å². The fourth-order valence-corrected chi connectivity index (χ4v) is 3.45. The van der Waals surface area contributed by atoms with E-state index >= 15 is 0 Å². The minimum absolute atomic E-state index is 0.186. The van der Waals surface area contributed by atoms with Gasteiger partial charge in [0.1, 0.15) is 5.41 Å². The highest BCUT2D eigenvalue weighted by molar-refractivity contribution is 5.18. The molecule has 2 atom stereocenters. The Kier molecular flexibility index (Phi) is 2.76. The van der Waals surface area contributed by atoms with Gasteiger partial charge in [-0.25, -0.2) is 0 Å². The fourth-order valence-electron chi connectivity index (χ4n) is 3.45. The van der Waals surface area contributed by atoms with E-state index in [9.17, 15) is 10.4 Å². The van der Waals surface area contributed by atoms with E-state index in [-0.39, 0.29) is 5.41 Å². The van der Waals surface area contributed by atoms with Crippen LogP contribution in [0.4, 0.5) is 0 Å². The molecule has 1 aliphatic carbocycles. The third-order valence-corrected chi connectivity index (χ3v) is 4.74. The molecule has 90 valence electrons. The minimum Gasteiger partial charge on any atom is -0.388 e. The first-order valence-corrected chi connectivity index (χ1v) is 6.19. The molecule has 3 nitrogen and oxygen atoms in total. The molecule has 0 aromatic heterocycles. The SMILES string of the molecule is CC1(C)CCCCC1(O)C1(C#N)CCOC1. The zero-order valence-corrected chi connectivity index (χ0v) is 10.3. The maximum atomic E-state index is 11.0. The Balaban J connectivity index is 2.39. The molecule has 0 aromatic carbocycles. The molecule has 0 bridgehead atoms. The van der Waals surface area contributed by atoms with Gasteiger partial charge in [-0.2, -0.15) is 5.26 Å². The smallest absolute Gasteiger partial charge is 0.112 e. The summed E-state index contributed by atoms with van der Waals surface area (Å²) in [5.41, 5.74) is -1.75. The van der Waals surface area contributed by atoms with Crippen LogP contribution in [0.2, 0.25) is 0 Å². The summed E-state index contributed by atoms with van der Waals surface area (Å²) in [5.74, 6) is 0. The van der Waals surface area contributed by atoms with Crippen molar-refractivity contribution in [2.24, 2.45) is 10.8 Å². The van der Waals surface area contributed by atoms with Crippen molar-refractivity contribution in [2.45, 2.75) is 51.6 Å². The molecular weight excluding hydrogens is 202 g/mol.